The zero-order valence-corrected chi connectivity index (χ0v) is 18.9. The van der Waals surface area contributed by atoms with Gasteiger partial charge in [-0.25, -0.2) is 4.79 Å². The van der Waals surface area contributed by atoms with Gasteiger partial charge in [-0.05, 0) is 44.9 Å². The first-order chi connectivity index (χ1) is 12.7. The molecule has 1 aromatic carbocycles. The Hall–Kier alpha value is -1.65. The lowest BCUT2D eigenvalue weighted by Gasteiger charge is -2.28. The Morgan fingerprint density at radius 2 is 1.75 bits per heavy atom. The van der Waals surface area contributed by atoms with Gasteiger partial charge in [0, 0.05) is 11.4 Å². The van der Waals surface area contributed by atoms with Crippen LogP contribution in [0.3, 0.4) is 0 Å². The number of nitrogens with one attached hydrogen (secondary N) is 1. The van der Waals surface area contributed by atoms with Crippen LogP contribution in [0, 0.1) is 0 Å². The topological polar surface area (TPSA) is 108 Å². The summed E-state index contributed by atoms with van der Waals surface area (Å²) in [6.07, 6.45) is -0.749. The van der Waals surface area contributed by atoms with Crippen molar-refractivity contribution < 1.29 is 31.7 Å². The molecular formula is C18H26BrNO7S. The number of hydrogen-bond acceptors (Lipinski definition) is 7. The minimum absolute atomic E-state index is 0.230. The van der Waals surface area contributed by atoms with Crippen LogP contribution in [0.2, 0.25) is 0 Å². The molecule has 0 unspecified atom stereocenters. The van der Waals surface area contributed by atoms with Gasteiger partial charge in [-0.15, -0.1) is 0 Å². The molecule has 0 bridgehead atoms. The van der Waals surface area contributed by atoms with Crippen molar-refractivity contribution in [3.05, 3.63) is 34.3 Å². The maximum Gasteiger partial charge on any atom is 0.407 e. The van der Waals surface area contributed by atoms with Crippen LogP contribution in [0.5, 0.6) is 0 Å². The predicted octanol–water partition coefficient (Wildman–Crippen LogP) is 2.79. The molecule has 0 spiro atoms. The maximum atomic E-state index is 12.3. The highest BCUT2D eigenvalue weighted by atomic mass is 79.9. The third-order valence-corrected chi connectivity index (χ3v) is 4.39. The largest absolute Gasteiger partial charge is 0.463 e. The van der Waals surface area contributed by atoms with E-state index in [9.17, 15) is 18.0 Å². The van der Waals surface area contributed by atoms with Crippen LogP contribution in [0.25, 0.3) is 0 Å². The van der Waals surface area contributed by atoms with E-state index in [-0.39, 0.29) is 13.0 Å². The van der Waals surface area contributed by atoms with Gasteiger partial charge in [-0.2, -0.15) is 8.42 Å². The summed E-state index contributed by atoms with van der Waals surface area (Å²) in [5.74, 6) is -0.596. The van der Waals surface area contributed by atoms with E-state index in [2.05, 4.69) is 21.2 Å². The SMILES string of the molecule is CC(=O)OC[C@@H](OS(C)(=O)=O)[C@H](Cc1ccc(Br)cc1)NC(=O)OC(C)(C)C. The molecule has 1 amide bonds. The molecule has 0 saturated carbocycles. The fourth-order valence-electron chi connectivity index (χ4n) is 2.24. The first-order valence-electron chi connectivity index (χ1n) is 8.51. The average Bonchev–Trinajstić information content (AvgIpc) is 2.50. The summed E-state index contributed by atoms with van der Waals surface area (Å²) in [4.78, 5) is 23.5. The summed E-state index contributed by atoms with van der Waals surface area (Å²) in [6, 6.07) is 6.44. The van der Waals surface area contributed by atoms with Gasteiger partial charge in [0.05, 0.1) is 12.3 Å². The van der Waals surface area contributed by atoms with Crippen molar-refractivity contribution in [2.45, 2.75) is 51.9 Å². The number of rotatable bonds is 8. The number of carbonyl (C=O) groups excluding carboxylic acids is 2. The van der Waals surface area contributed by atoms with Gasteiger partial charge >= 0.3 is 12.1 Å². The molecule has 0 fully saturated rings. The van der Waals surface area contributed by atoms with E-state index in [1.807, 2.05) is 24.3 Å². The van der Waals surface area contributed by atoms with E-state index < -0.39 is 39.9 Å². The van der Waals surface area contributed by atoms with Crippen molar-refractivity contribution in [1.82, 2.24) is 5.32 Å². The summed E-state index contributed by atoms with van der Waals surface area (Å²) in [5, 5.41) is 2.63. The highest BCUT2D eigenvalue weighted by Crippen LogP contribution is 2.16. The van der Waals surface area contributed by atoms with E-state index in [0.717, 1.165) is 16.3 Å². The van der Waals surface area contributed by atoms with Crippen molar-refractivity contribution in [1.29, 1.82) is 0 Å². The first kappa shape index (κ1) is 24.4. The molecule has 0 radical (unpaired) electrons. The fourth-order valence-corrected chi connectivity index (χ4v) is 3.15. The quantitative estimate of drug-likeness (QED) is 0.450. The summed E-state index contributed by atoms with van der Waals surface area (Å²) in [5.41, 5.74) is 0.0733. The van der Waals surface area contributed by atoms with Gasteiger partial charge in [-0.1, -0.05) is 28.1 Å². The third-order valence-electron chi connectivity index (χ3n) is 3.27. The van der Waals surface area contributed by atoms with Crippen LogP contribution >= 0.6 is 15.9 Å². The molecule has 0 aromatic heterocycles. The molecule has 10 heteroatoms. The number of esters is 1. The van der Waals surface area contributed by atoms with Gasteiger partial charge in [0.2, 0.25) is 0 Å². The zero-order valence-electron chi connectivity index (χ0n) is 16.5. The van der Waals surface area contributed by atoms with Crippen LogP contribution in [-0.2, 0) is 35.0 Å². The van der Waals surface area contributed by atoms with Crippen LogP contribution in [0.15, 0.2) is 28.7 Å². The summed E-state index contributed by atoms with van der Waals surface area (Å²) in [7, 11) is -3.88. The lowest BCUT2D eigenvalue weighted by Crippen LogP contribution is -2.50. The van der Waals surface area contributed by atoms with Crippen molar-refractivity contribution in [2.24, 2.45) is 0 Å². The molecule has 0 aliphatic carbocycles. The van der Waals surface area contributed by atoms with E-state index in [1.54, 1.807) is 20.8 Å². The van der Waals surface area contributed by atoms with Gasteiger partial charge in [0.15, 0.2) is 0 Å². The minimum atomic E-state index is -3.88. The molecule has 1 aromatic rings. The average molecular weight is 480 g/mol. The number of benzene rings is 1. The number of amides is 1. The fraction of sp³-hybridized carbons (Fsp3) is 0.556. The van der Waals surface area contributed by atoms with Crippen molar-refractivity contribution in [2.75, 3.05) is 12.9 Å². The van der Waals surface area contributed by atoms with E-state index in [1.165, 1.54) is 6.92 Å². The lowest BCUT2D eigenvalue weighted by molar-refractivity contribution is -0.143. The van der Waals surface area contributed by atoms with Crippen molar-refractivity contribution in [3.8, 4) is 0 Å². The zero-order chi connectivity index (χ0) is 21.5. The van der Waals surface area contributed by atoms with Crippen molar-refractivity contribution in [3.63, 3.8) is 0 Å². The Morgan fingerprint density at radius 1 is 1.18 bits per heavy atom. The van der Waals surface area contributed by atoms with E-state index >= 15 is 0 Å². The van der Waals surface area contributed by atoms with Gasteiger partial charge in [0.1, 0.15) is 18.3 Å². The Morgan fingerprint density at radius 3 is 2.21 bits per heavy atom. The Kier molecular flexibility index (Phi) is 8.90. The second kappa shape index (κ2) is 10.2. The van der Waals surface area contributed by atoms with Crippen LogP contribution in [-0.4, -0.2) is 51.1 Å². The molecule has 158 valence electrons. The van der Waals surface area contributed by atoms with Gasteiger partial charge < -0.3 is 14.8 Å². The van der Waals surface area contributed by atoms with Crippen LogP contribution in [0.4, 0.5) is 4.79 Å². The minimum Gasteiger partial charge on any atom is -0.463 e. The molecule has 28 heavy (non-hydrogen) atoms. The molecule has 0 saturated heterocycles. The smallest absolute Gasteiger partial charge is 0.407 e. The van der Waals surface area contributed by atoms with Gasteiger partial charge in [0.25, 0.3) is 10.1 Å². The predicted molar refractivity (Wildman–Crippen MR) is 107 cm³/mol. The summed E-state index contributed by atoms with van der Waals surface area (Å²) in [6.45, 7) is 5.97. The van der Waals surface area contributed by atoms with E-state index in [4.69, 9.17) is 13.7 Å². The van der Waals surface area contributed by atoms with Gasteiger partial charge in [-0.3, -0.25) is 8.98 Å². The first-order valence-corrected chi connectivity index (χ1v) is 11.1. The highest BCUT2D eigenvalue weighted by molar-refractivity contribution is 9.10. The van der Waals surface area contributed by atoms with Crippen LogP contribution < -0.4 is 5.32 Å². The number of halogens is 1. The summed E-state index contributed by atoms with van der Waals surface area (Å²) >= 11 is 3.34. The Labute approximate surface area is 174 Å². The number of alkyl carbamates (subject to hydrolysis) is 1. The van der Waals surface area contributed by atoms with Crippen LogP contribution in [0.1, 0.15) is 33.3 Å². The Bertz CT molecular complexity index is 772. The number of carbonyl (C=O) groups is 2. The second-order valence-corrected chi connectivity index (χ2v) is 9.74. The number of ether oxygens (including phenoxy) is 2. The number of hydrogen-bond donors (Lipinski definition) is 1. The molecule has 2 atom stereocenters. The lowest BCUT2D eigenvalue weighted by atomic mass is 10.0. The molecule has 0 aliphatic rings. The second-order valence-electron chi connectivity index (χ2n) is 7.22. The summed E-state index contributed by atoms with van der Waals surface area (Å²) < 4.78 is 39.5. The Balaban J connectivity index is 3.11. The molecule has 0 heterocycles. The maximum absolute atomic E-state index is 12.3. The monoisotopic (exact) mass is 479 g/mol. The van der Waals surface area contributed by atoms with E-state index in [0.29, 0.717) is 0 Å². The highest BCUT2D eigenvalue weighted by Gasteiger charge is 2.30. The molecule has 1 N–H and O–H groups in total. The van der Waals surface area contributed by atoms with Crippen molar-refractivity contribution >= 4 is 38.1 Å². The molecule has 1 rings (SSSR count). The molecular weight excluding hydrogens is 454 g/mol. The molecule has 8 nitrogen and oxygen atoms in total. The normalized spacial score (nSPS) is 14.1. The third kappa shape index (κ3) is 10.6. The standard InChI is InChI=1S/C18H26BrNO7S/c1-12(21)25-11-16(27-28(5,23)24)15(20-17(22)26-18(2,3)4)10-13-6-8-14(19)9-7-13/h6-9,15-16H,10-11H2,1-5H3,(H,20,22)/t15-,16+/m0/s1. The molecule has 0 aliphatic heterocycles.